The molecule has 0 amide bonds. The molecule has 3 nitrogen and oxygen atoms in total. The number of rotatable bonds is 4. The molecule has 0 unspecified atom stereocenters. The van der Waals surface area contributed by atoms with Crippen molar-refractivity contribution in [3.63, 3.8) is 0 Å². The van der Waals surface area contributed by atoms with E-state index in [1.807, 2.05) is 25.7 Å². The summed E-state index contributed by atoms with van der Waals surface area (Å²) in [6, 6.07) is 0. The van der Waals surface area contributed by atoms with Crippen LogP contribution in [0.25, 0.3) is 0 Å². The van der Waals surface area contributed by atoms with Crippen LogP contribution in [-0.2, 0) is 13.0 Å². The van der Waals surface area contributed by atoms with Crippen molar-refractivity contribution in [1.29, 1.82) is 0 Å². The third-order valence-electron chi connectivity index (χ3n) is 2.30. The van der Waals surface area contributed by atoms with Crippen LogP contribution >= 0.6 is 11.6 Å². The van der Waals surface area contributed by atoms with E-state index in [0.717, 1.165) is 35.9 Å². The molecular weight excluding hydrogens is 198 g/mol. The van der Waals surface area contributed by atoms with Gasteiger partial charge in [0.25, 0.3) is 0 Å². The van der Waals surface area contributed by atoms with Gasteiger partial charge in [-0.25, -0.2) is 0 Å². The summed E-state index contributed by atoms with van der Waals surface area (Å²) < 4.78 is 1.88. The molecule has 0 bridgehead atoms. The van der Waals surface area contributed by atoms with Crippen LogP contribution in [0.4, 0.5) is 0 Å². The van der Waals surface area contributed by atoms with Gasteiger partial charge < -0.3 is 4.90 Å². The summed E-state index contributed by atoms with van der Waals surface area (Å²) in [4.78, 5) is 2.12. The van der Waals surface area contributed by atoms with Gasteiger partial charge in [0.15, 0.2) is 0 Å². The number of hydrogen-bond acceptors (Lipinski definition) is 2. The second-order valence-corrected chi connectivity index (χ2v) is 4.10. The van der Waals surface area contributed by atoms with Crippen LogP contribution in [0.3, 0.4) is 0 Å². The summed E-state index contributed by atoms with van der Waals surface area (Å²) in [5.74, 6) is 0. The van der Waals surface area contributed by atoms with Crippen molar-refractivity contribution >= 4 is 11.6 Å². The molecule has 1 rings (SSSR count). The van der Waals surface area contributed by atoms with Crippen LogP contribution in [0, 0.1) is 6.92 Å². The average molecular weight is 216 g/mol. The van der Waals surface area contributed by atoms with Crippen LogP contribution in [0.15, 0.2) is 0 Å². The minimum atomic E-state index is 0.781. The Morgan fingerprint density at radius 3 is 2.50 bits per heavy atom. The van der Waals surface area contributed by atoms with Crippen molar-refractivity contribution in [2.75, 3.05) is 20.6 Å². The lowest BCUT2D eigenvalue weighted by molar-refractivity contribution is 0.373. The Balaban J connectivity index is 2.77. The van der Waals surface area contributed by atoms with E-state index in [1.54, 1.807) is 0 Å². The van der Waals surface area contributed by atoms with Gasteiger partial charge in [0.05, 0.1) is 12.2 Å². The highest BCUT2D eigenvalue weighted by atomic mass is 35.5. The number of likely N-dealkylation sites (N-methyl/N-ethyl adjacent to an activating group) is 1. The highest BCUT2D eigenvalue weighted by molar-refractivity contribution is 6.30. The number of aromatic nitrogens is 2. The van der Waals surface area contributed by atoms with Crippen molar-refractivity contribution in [3.8, 4) is 0 Å². The molecule has 0 saturated carbocycles. The van der Waals surface area contributed by atoms with Crippen molar-refractivity contribution in [3.05, 3.63) is 16.4 Å². The summed E-state index contributed by atoms with van der Waals surface area (Å²) in [5.41, 5.74) is 2.22. The maximum atomic E-state index is 6.16. The number of aryl methyl sites for hydroxylation is 1. The molecule has 0 atom stereocenters. The van der Waals surface area contributed by atoms with Gasteiger partial charge in [-0.3, -0.25) is 4.68 Å². The molecule has 0 fully saturated rings. The summed E-state index contributed by atoms with van der Waals surface area (Å²) in [6.07, 6.45) is 0.945. The van der Waals surface area contributed by atoms with E-state index in [4.69, 9.17) is 11.6 Å². The predicted molar refractivity (Wildman–Crippen MR) is 59.9 cm³/mol. The van der Waals surface area contributed by atoms with Crippen molar-refractivity contribution < 1.29 is 0 Å². The number of halogens is 1. The minimum Gasteiger partial charge on any atom is -0.308 e. The zero-order valence-corrected chi connectivity index (χ0v) is 10.1. The smallest absolute Gasteiger partial charge is 0.130 e. The first-order valence-electron chi connectivity index (χ1n) is 4.92. The molecule has 14 heavy (non-hydrogen) atoms. The molecule has 1 aromatic heterocycles. The third-order valence-corrected chi connectivity index (χ3v) is 2.78. The molecule has 0 spiro atoms. The van der Waals surface area contributed by atoms with Crippen molar-refractivity contribution in [2.24, 2.45) is 0 Å². The first-order chi connectivity index (χ1) is 6.56. The molecule has 4 heteroatoms. The Labute approximate surface area is 90.7 Å². The van der Waals surface area contributed by atoms with E-state index >= 15 is 0 Å². The molecule has 1 heterocycles. The summed E-state index contributed by atoms with van der Waals surface area (Å²) in [5, 5.41) is 5.24. The van der Waals surface area contributed by atoms with Gasteiger partial charge in [0.2, 0.25) is 0 Å². The fourth-order valence-corrected chi connectivity index (χ4v) is 1.59. The van der Waals surface area contributed by atoms with Gasteiger partial charge in [0.1, 0.15) is 5.15 Å². The second kappa shape index (κ2) is 4.80. The third kappa shape index (κ3) is 2.49. The Bertz CT molecular complexity index is 305. The lowest BCUT2D eigenvalue weighted by Gasteiger charge is -2.09. The van der Waals surface area contributed by atoms with Gasteiger partial charge in [0, 0.05) is 12.1 Å². The van der Waals surface area contributed by atoms with Gasteiger partial charge in [-0.1, -0.05) is 18.5 Å². The summed E-state index contributed by atoms with van der Waals surface area (Å²) in [7, 11) is 4.09. The van der Waals surface area contributed by atoms with E-state index in [0.29, 0.717) is 0 Å². The average Bonchev–Trinajstić information content (AvgIpc) is 2.41. The largest absolute Gasteiger partial charge is 0.308 e. The zero-order valence-electron chi connectivity index (χ0n) is 9.34. The molecule has 0 aromatic carbocycles. The van der Waals surface area contributed by atoms with Crippen LogP contribution in [0.2, 0.25) is 5.15 Å². The number of hydrogen-bond donors (Lipinski definition) is 0. The summed E-state index contributed by atoms with van der Waals surface area (Å²) in [6.45, 7) is 5.94. The maximum absolute atomic E-state index is 6.16. The van der Waals surface area contributed by atoms with E-state index in [-0.39, 0.29) is 0 Å². The molecule has 0 aliphatic heterocycles. The lowest BCUT2D eigenvalue weighted by atomic mass is 10.2. The molecule has 0 radical (unpaired) electrons. The van der Waals surface area contributed by atoms with E-state index < -0.39 is 0 Å². The standard InChI is InChI=1S/C10H18ClN3/c1-5-9-8(2)10(11)14(12-9)7-6-13(3)4/h5-7H2,1-4H3. The monoisotopic (exact) mass is 215 g/mol. The van der Waals surface area contributed by atoms with Gasteiger partial charge in [-0.05, 0) is 27.4 Å². The fraction of sp³-hybridized carbons (Fsp3) is 0.700. The molecule has 0 aliphatic rings. The Morgan fingerprint density at radius 2 is 2.07 bits per heavy atom. The minimum absolute atomic E-state index is 0.781. The van der Waals surface area contributed by atoms with E-state index in [9.17, 15) is 0 Å². The van der Waals surface area contributed by atoms with Gasteiger partial charge >= 0.3 is 0 Å². The second-order valence-electron chi connectivity index (χ2n) is 3.74. The van der Waals surface area contributed by atoms with E-state index in [2.05, 4.69) is 16.9 Å². The Hall–Kier alpha value is -0.540. The molecule has 0 N–H and O–H groups in total. The fourth-order valence-electron chi connectivity index (χ4n) is 1.36. The number of nitrogens with zero attached hydrogens (tertiary/aromatic N) is 3. The highest BCUT2D eigenvalue weighted by Gasteiger charge is 2.10. The Morgan fingerprint density at radius 1 is 1.43 bits per heavy atom. The van der Waals surface area contributed by atoms with Crippen LogP contribution in [0.5, 0.6) is 0 Å². The summed E-state index contributed by atoms with van der Waals surface area (Å²) >= 11 is 6.16. The topological polar surface area (TPSA) is 21.1 Å². The molecule has 1 aromatic rings. The van der Waals surface area contributed by atoms with Crippen LogP contribution in [-0.4, -0.2) is 35.3 Å². The zero-order chi connectivity index (χ0) is 10.7. The first kappa shape index (κ1) is 11.5. The van der Waals surface area contributed by atoms with Crippen LogP contribution < -0.4 is 0 Å². The first-order valence-corrected chi connectivity index (χ1v) is 5.30. The predicted octanol–water partition coefficient (Wildman–Crippen LogP) is 1.97. The van der Waals surface area contributed by atoms with Crippen molar-refractivity contribution in [1.82, 2.24) is 14.7 Å². The Kier molecular flexibility index (Phi) is 3.96. The molecular formula is C10H18ClN3. The lowest BCUT2D eigenvalue weighted by Crippen LogP contribution is -2.19. The quantitative estimate of drug-likeness (QED) is 0.766. The molecule has 0 saturated heterocycles. The maximum Gasteiger partial charge on any atom is 0.130 e. The van der Waals surface area contributed by atoms with Gasteiger partial charge in [-0.15, -0.1) is 0 Å². The molecule has 0 aliphatic carbocycles. The SMILES string of the molecule is CCc1nn(CCN(C)C)c(Cl)c1C. The molecule has 80 valence electrons. The van der Waals surface area contributed by atoms with E-state index in [1.165, 1.54) is 0 Å². The normalized spacial score (nSPS) is 11.3. The van der Waals surface area contributed by atoms with Crippen LogP contribution in [0.1, 0.15) is 18.2 Å². The van der Waals surface area contributed by atoms with Gasteiger partial charge in [-0.2, -0.15) is 5.10 Å². The van der Waals surface area contributed by atoms with Crippen molar-refractivity contribution in [2.45, 2.75) is 26.8 Å². The highest BCUT2D eigenvalue weighted by Crippen LogP contribution is 2.18.